The van der Waals surface area contributed by atoms with Crippen LogP contribution in [0.15, 0.2) is 24.3 Å². The van der Waals surface area contributed by atoms with Crippen molar-refractivity contribution in [2.75, 3.05) is 0 Å². The van der Waals surface area contributed by atoms with Gasteiger partial charge in [0.2, 0.25) is 0 Å². The van der Waals surface area contributed by atoms with Gasteiger partial charge < -0.3 is 4.74 Å². The molecule has 0 unspecified atom stereocenters. The molecule has 0 spiro atoms. The highest BCUT2D eigenvalue weighted by molar-refractivity contribution is 5.34. The highest BCUT2D eigenvalue weighted by Gasteiger charge is 2.14. The zero-order valence-electron chi connectivity index (χ0n) is 10.5. The molecule has 0 aliphatic heterocycles. The predicted molar refractivity (Wildman–Crippen MR) is 65.4 cm³/mol. The van der Waals surface area contributed by atoms with Crippen molar-refractivity contribution >= 4 is 0 Å². The Balaban J connectivity index is 2.86. The largest absolute Gasteiger partial charge is 0.488 e. The Morgan fingerprint density at radius 3 is 2.27 bits per heavy atom. The van der Waals surface area contributed by atoms with Gasteiger partial charge in [-0.05, 0) is 44.7 Å². The van der Waals surface area contributed by atoms with Gasteiger partial charge in [-0.15, -0.1) is 0 Å². The molecule has 84 valence electrons. The third kappa shape index (κ3) is 4.37. The van der Waals surface area contributed by atoms with Crippen molar-refractivity contribution in [1.82, 2.24) is 0 Å². The van der Waals surface area contributed by atoms with Gasteiger partial charge in [0.05, 0.1) is 0 Å². The Morgan fingerprint density at radius 1 is 1.13 bits per heavy atom. The van der Waals surface area contributed by atoms with Gasteiger partial charge >= 0.3 is 0 Å². The fourth-order valence-electron chi connectivity index (χ4n) is 1.54. The summed E-state index contributed by atoms with van der Waals surface area (Å²) in [6.07, 6.45) is 1.08. The van der Waals surface area contributed by atoms with E-state index in [4.69, 9.17) is 4.74 Å². The lowest BCUT2D eigenvalue weighted by molar-refractivity contribution is 0.129. The van der Waals surface area contributed by atoms with E-state index in [2.05, 4.69) is 52.8 Å². The van der Waals surface area contributed by atoms with Crippen LogP contribution in [0.4, 0.5) is 0 Å². The van der Waals surface area contributed by atoms with Crippen LogP contribution >= 0.6 is 0 Å². The molecule has 0 aliphatic carbocycles. The van der Waals surface area contributed by atoms with E-state index in [1.807, 2.05) is 6.07 Å². The van der Waals surface area contributed by atoms with Crippen LogP contribution in [-0.4, -0.2) is 5.60 Å². The molecule has 0 aromatic heterocycles. The maximum atomic E-state index is 5.93. The van der Waals surface area contributed by atoms with E-state index in [-0.39, 0.29) is 5.60 Å². The first kappa shape index (κ1) is 12.1. The lowest BCUT2D eigenvalue weighted by Gasteiger charge is -2.23. The van der Waals surface area contributed by atoms with Crippen molar-refractivity contribution in [1.29, 1.82) is 0 Å². The van der Waals surface area contributed by atoms with Gasteiger partial charge in [-0.3, -0.25) is 0 Å². The van der Waals surface area contributed by atoms with Crippen LogP contribution in [0.25, 0.3) is 0 Å². The summed E-state index contributed by atoms with van der Waals surface area (Å²) in [7, 11) is 0. The van der Waals surface area contributed by atoms with Crippen LogP contribution in [-0.2, 0) is 6.42 Å². The third-order valence-electron chi connectivity index (χ3n) is 2.02. The second-order valence-corrected chi connectivity index (χ2v) is 5.42. The summed E-state index contributed by atoms with van der Waals surface area (Å²) in [5.41, 5.74) is 1.19. The highest BCUT2D eigenvalue weighted by Crippen LogP contribution is 2.25. The Morgan fingerprint density at radius 2 is 1.73 bits per heavy atom. The summed E-state index contributed by atoms with van der Waals surface area (Å²) in [4.78, 5) is 0. The highest BCUT2D eigenvalue weighted by atomic mass is 16.5. The fourth-order valence-corrected chi connectivity index (χ4v) is 1.54. The normalized spacial score (nSPS) is 11.9. The van der Waals surface area contributed by atoms with Gasteiger partial charge in [0.1, 0.15) is 11.4 Å². The first-order valence-corrected chi connectivity index (χ1v) is 5.65. The molecule has 1 aromatic rings. The summed E-state index contributed by atoms with van der Waals surface area (Å²) in [5, 5.41) is 0. The molecule has 0 saturated heterocycles. The number of benzene rings is 1. The molecule has 1 aromatic carbocycles. The molecule has 0 aliphatic rings. The standard InChI is InChI=1S/C14H22O/c1-11(2)10-12-8-6-7-9-13(12)15-14(3,4)5/h6-9,11H,10H2,1-5H3. The van der Waals surface area contributed by atoms with E-state index in [1.165, 1.54) is 5.56 Å². The summed E-state index contributed by atoms with van der Waals surface area (Å²) in [6.45, 7) is 10.7. The predicted octanol–water partition coefficient (Wildman–Crippen LogP) is 4.06. The maximum Gasteiger partial charge on any atom is 0.123 e. The van der Waals surface area contributed by atoms with Crippen LogP contribution in [0.3, 0.4) is 0 Å². The van der Waals surface area contributed by atoms with Crippen LogP contribution in [0.1, 0.15) is 40.2 Å². The van der Waals surface area contributed by atoms with Crippen molar-refractivity contribution in [3.8, 4) is 5.75 Å². The minimum atomic E-state index is -0.118. The van der Waals surface area contributed by atoms with Crippen molar-refractivity contribution in [2.24, 2.45) is 5.92 Å². The van der Waals surface area contributed by atoms with E-state index in [1.54, 1.807) is 0 Å². The molecule has 1 heteroatoms. The minimum Gasteiger partial charge on any atom is -0.488 e. The van der Waals surface area contributed by atoms with Crippen LogP contribution in [0.5, 0.6) is 5.75 Å². The molecular weight excluding hydrogens is 184 g/mol. The van der Waals surface area contributed by atoms with Gasteiger partial charge in [-0.1, -0.05) is 32.0 Å². The topological polar surface area (TPSA) is 9.23 Å². The lowest BCUT2D eigenvalue weighted by Crippen LogP contribution is -2.23. The molecule has 0 N–H and O–H groups in total. The molecule has 1 nitrogen and oxygen atoms in total. The maximum absolute atomic E-state index is 5.93. The second kappa shape index (κ2) is 4.69. The molecule has 0 amide bonds. The molecular formula is C14H22O. The van der Waals surface area contributed by atoms with Crippen molar-refractivity contribution < 1.29 is 4.74 Å². The summed E-state index contributed by atoms with van der Waals surface area (Å²) in [5.74, 6) is 1.69. The molecule has 0 bridgehead atoms. The zero-order chi connectivity index (χ0) is 11.5. The Hall–Kier alpha value is -0.980. The van der Waals surface area contributed by atoms with E-state index < -0.39 is 0 Å². The van der Waals surface area contributed by atoms with Crippen LogP contribution < -0.4 is 4.74 Å². The average Bonchev–Trinajstić information content (AvgIpc) is 2.05. The van der Waals surface area contributed by atoms with Crippen LogP contribution in [0.2, 0.25) is 0 Å². The van der Waals surface area contributed by atoms with Crippen molar-refractivity contribution in [3.05, 3.63) is 29.8 Å². The smallest absolute Gasteiger partial charge is 0.123 e. The second-order valence-electron chi connectivity index (χ2n) is 5.42. The summed E-state index contributed by atoms with van der Waals surface area (Å²) < 4.78 is 5.93. The van der Waals surface area contributed by atoms with Gasteiger partial charge in [0, 0.05) is 0 Å². The third-order valence-corrected chi connectivity index (χ3v) is 2.02. The minimum absolute atomic E-state index is 0.118. The Bertz CT molecular complexity index is 307. The Labute approximate surface area is 93.5 Å². The zero-order valence-corrected chi connectivity index (χ0v) is 10.5. The van der Waals surface area contributed by atoms with E-state index >= 15 is 0 Å². The van der Waals surface area contributed by atoms with E-state index in [9.17, 15) is 0 Å². The molecule has 0 saturated carbocycles. The molecule has 0 fully saturated rings. The van der Waals surface area contributed by atoms with E-state index in [0.29, 0.717) is 5.92 Å². The molecule has 0 heterocycles. The molecule has 15 heavy (non-hydrogen) atoms. The fraction of sp³-hybridized carbons (Fsp3) is 0.571. The van der Waals surface area contributed by atoms with Gasteiger partial charge in [0.15, 0.2) is 0 Å². The number of ether oxygens (including phenoxy) is 1. The van der Waals surface area contributed by atoms with Crippen molar-refractivity contribution in [2.45, 2.75) is 46.6 Å². The first-order valence-electron chi connectivity index (χ1n) is 5.65. The molecule has 1 rings (SSSR count). The summed E-state index contributed by atoms with van der Waals surface area (Å²) in [6, 6.07) is 8.32. The monoisotopic (exact) mass is 206 g/mol. The van der Waals surface area contributed by atoms with Gasteiger partial charge in [-0.25, -0.2) is 0 Å². The molecule has 0 radical (unpaired) electrons. The van der Waals surface area contributed by atoms with Gasteiger partial charge in [0.25, 0.3) is 0 Å². The van der Waals surface area contributed by atoms with Gasteiger partial charge in [-0.2, -0.15) is 0 Å². The molecule has 0 atom stereocenters. The Kier molecular flexibility index (Phi) is 3.78. The lowest BCUT2D eigenvalue weighted by atomic mass is 10.0. The van der Waals surface area contributed by atoms with Crippen molar-refractivity contribution in [3.63, 3.8) is 0 Å². The SMILES string of the molecule is CC(C)Cc1ccccc1OC(C)(C)C. The number of hydrogen-bond donors (Lipinski definition) is 0. The quantitative estimate of drug-likeness (QED) is 0.724. The van der Waals surface area contributed by atoms with E-state index in [0.717, 1.165) is 12.2 Å². The van der Waals surface area contributed by atoms with Crippen LogP contribution in [0, 0.1) is 5.92 Å². The number of rotatable bonds is 3. The number of hydrogen-bond acceptors (Lipinski definition) is 1. The number of para-hydroxylation sites is 1. The first-order chi connectivity index (χ1) is 6.88. The summed E-state index contributed by atoms with van der Waals surface area (Å²) >= 11 is 0. The average molecular weight is 206 g/mol.